The summed E-state index contributed by atoms with van der Waals surface area (Å²) in [5.41, 5.74) is -2.77. The lowest BCUT2D eigenvalue weighted by atomic mass is 9.47. The molecular weight excluding hydrogens is 510 g/mol. The van der Waals surface area contributed by atoms with Crippen LogP contribution in [0.25, 0.3) is 0 Å². The monoisotopic (exact) mass is 554 g/mol. The fourth-order valence-corrected chi connectivity index (χ4v) is 10.6. The Labute approximate surface area is 229 Å². The Hall–Kier alpha value is -1.32. The van der Waals surface area contributed by atoms with Crippen LogP contribution in [-0.4, -0.2) is 65.2 Å². The van der Waals surface area contributed by atoms with Gasteiger partial charge in [-0.2, -0.15) is 8.78 Å². The topological polar surface area (TPSA) is 91.3 Å². The summed E-state index contributed by atoms with van der Waals surface area (Å²) in [6, 6.07) is 0. The predicted octanol–water partition coefficient (Wildman–Crippen LogP) is 4.82. The number of rotatable bonds is 10. The number of esters is 2. The molecule has 0 saturated heterocycles. The second-order valence-electron chi connectivity index (χ2n) is 14.5. The van der Waals surface area contributed by atoms with Crippen LogP contribution in [0.3, 0.4) is 0 Å². The first-order valence-electron chi connectivity index (χ1n) is 15.0. The third kappa shape index (κ3) is 4.92. The van der Waals surface area contributed by atoms with Gasteiger partial charge in [0.05, 0.1) is 23.4 Å². The van der Waals surface area contributed by atoms with Gasteiger partial charge in [0, 0.05) is 26.2 Å². The molecule has 8 rings (SSSR count). The molecule has 8 bridgehead atoms. The molecule has 4 unspecified atom stereocenters. The Balaban J connectivity index is 1.09. The molecule has 1 N–H and O–H groups in total. The van der Waals surface area contributed by atoms with Crippen LogP contribution in [0.15, 0.2) is 0 Å². The van der Waals surface area contributed by atoms with Gasteiger partial charge in [0.15, 0.2) is 0 Å². The number of carbonyl (C=O) groups is 2. The molecule has 4 atom stereocenters. The maximum Gasteiger partial charge on any atom is 0.376 e. The minimum atomic E-state index is -3.55. The van der Waals surface area contributed by atoms with Crippen LogP contribution < -0.4 is 0 Å². The zero-order valence-electron chi connectivity index (χ0n) is 23.5. The molecule has 0 radical (unpaired) electrons. The van der Waals surface area contributed by atoms with Gasteiger partial charge in [0.2, 0.25) is 0 Å². The molecule has 0 heterocycles. The molecule has 0 aliphatic heterocycles. The summed E-state index contributed by atoms with van der Waals surface area (Å²) in [4.78, 5) is 24.8. The number of carbonyl (C=O) groups excluding carboxylic acids is 2. The van der Waals surface area contributed by atoms with Gasteiger partial charge >= 0.3 is 17.9 Å². The highest BCUT2D eigenvalue weighted by Gasteiger charge is 2.65. The average molecular weight is 555 g/mol. The summed E-state index contributed by atoms with van der Waals surface area (Å²) in [7, 11) is 0. The van der Waals surface area contributed by atoms with Gasteiger partial charge < -0.3 is 24.1 Å². The fraction of sp³-hybridized carbons (Fsp3) is 0.933. The van der Waals surface area contributed by atoms with Crippen molar-refractivity contribution in [3.05, 3.63) is 0 Å². The van der Waals surface area contributed by atoms with E-state index in [0.717, 1.165) is 50.4 Å². The number of ether oxygens (including phenoxy) is 4. The molecule has 0 spiro atoms. The summed E-state index contributed by atoms with van der Waals surface area (Å²) in [5, 5.41) is 11.4. The SMILES string of the molecule is CC(C)C1(OC(=O)COC23CC4CC(O)(CC(OCCOC(=O)C(C)(F)F)(C4)C2)C3)C2CC3CC(C2)CC1C3. The lowest BCUT2D eigenvalue weighted by Crippen LogP contribution is -2.67. The molecule has 8 aliphatic carbocycles. The summed E-state index contributed by atoms with van der Waals surface area (Å²) < 4.78 is 49.9. The van der Waals surface area contributed by atoms with E-state index >= 15 is 0 Å². The zero-order chi connectivity index (χ0) is 27.8. The van der Waals surface area contributed by atoms with Crippen LogP contribution in [0.1, 0.15) is 91.4 Å². The lowest BCUT2D eigenvalue weighted by Gasteiger charge is -2.64. The van der Waals surface area contributed by atoms with E-state index in [-0.39, 0.29) is 37.6 Å². The van der Waals surface area contributed by atoms with Crippen LogP contribution in [0, 0.1) is 35.5 Å². The Bertz CT molecular complexity index is 966. The molecule has 39 heavy (non-hydrogen) atoms. The number of aliphatic hydroxyl groups is 1. The molecular formula is C30H44F2O7. The van der Waals surface area contributed by atoms with Crippen LogP contribution in [0.5, 0.6) is 0 Å². The molecule has 0 aromatic rings. The van der Waals surface area contributed by atoms with Crippen LogP contribution >= 0.6 is 0 Å². The van der Waals surface area contributed by atoms with Crippen molar-refractivity contribution in [1.82, 2.24) is 0 Å². The van der Waals surface area contributed by atoms with Crippen molar-refractivity contribution in [2.75, 3.05) is 19.8 Å². The van der Waals surface area contributed by atoms with Crippen molar-refractivity contribution >= 4 is 11.9 Å². The largest absolute Gasteiger partial charge is 0.459 e. The smallest absolute Gasteiger partial charge is 0.376 e. The van der Waals surface area contributed by atoms with Crippen LogP contribution in [0.4, 0.5) is 8.78 Å². The predicted molar refractivity (Wildman–Crippen MR) is 136 cm³/mol. The second-order valence-corrected chi connectivity index (χ2v) is 14.5. The molecule has 220 valence electrons. The van der Waals surface area contributed by atoms with Crippen molar-refractivity contribution in [2.45, 2.75) is 120 Å². The van der Waals surface area contributed by atoms with Crippen molar-refractivity contribution in [3.8, 4) is 0 Å². The van der Waals surface area contributed by atoms with Gasteiger partial charge in [0.1, 0.15) is 18.8 Å². The quantitative estimate of drug-likeness (QED) is 0.306. The molecule has 8 aliphatic rings. The van der Waals surface area contributed by atoms with E-state index in [1.54, 1.807) is 0 Å². The van der Waals surface area contributed by atoms with Gasteiger partial charge in [-0.25, -0.2) is 9.59 Å². The normalized spacial score (nSPS) is 45.7. The van der Waals surface area contributed by atoms with E-state index in [0.29, 0.717) is 44.4 Å². The Morgan fingerprint density at radius 1 is 0.872 bits per heavy atom. The first-order chi connectivity index (χ1) is 18.2. The highest BCUT2D eigenvalue weighted by molar-refractivity contribution is 5.76. The Morgan fingerprint density at radius 2 is 1.46 bits per heavy atom. The molecule has 0 amide bonds. The fourth-order valence-electron chi connectivity index (χ4n) is 10.6. The highest BCUT2D eigenvalue weighted by Crippen LogP contribution is 2.63. The van der Waals surface area contributed by atoms with Gasteiger partial charge in [-0.05, 0) is 86.9 Å². The van der Waals surface area contributed by atoms with Crippen molar-refractivity contribution < 1.29 is 42.4 Å². The van der Waals surface area contributed by atoms with Gasteiger partial charge in [-0.15, -0.1) is 0 Å². The molecule has 0 aromatic heterocycles. The first kappa shape index (κ1) is 27.8. The molecule has 8 saturated carbocycles. The van der Waals surface area contributed by atoms with Gasteiger partial charge in [-0.1, -0.05) is 13.8 Å². The number of hydrogen-bond donors (Lipinski definition) is 1. The van der Waals surface area contributed by atoms with E-state index in [4.69, 9.17) is 14.2 Å². The summed E-state index contributed by atoms with van der Waals surface area (Å²) in [5.74, 6) is -2.61. The lowest BCUT2D eigenvalue weighted by molar-refractivity contribution is -0.284. The maximum absolute atomic E-state index is 13.4. The molecule has 0 aromatic carbocycles. The number of alkyl halides is 2. The number of hydrogen-bond acceptors (Lipinski definition) is 7. The van der Waals surface area contributed by atoms with E-state index in [9.17, 15) is 23.5 Å². The molecule has 8 fully saturated rings. The van der Waals surface area contributed by atoms with Crippen molar-refractivity contribution in [1.29, 1.82) is 0 Å². The minimum absolute atomic E-state index is 0.0373. The van der Waals surface area contributed by atoms with Gasteiger partial charge in [0.25, 0.3) is 0 Å². The Morgan fingerprint density at radius 3 is 2.00 bits per heavy atom. The minimum Gasteiger partial charge on any atom is -0.459 e. The average Bonchev–Trinajstić information content (AvgIpc) is 2.80. The van der Waals surface area contributed by atoms with E-state index < -0.39 is 34.3 Å². The van der Waals surface area contributed by atoms with E-state index in [1.807, 2.05) is 0 Å². The van der Waals surface area contributed by atoms with E-state index in [1.165, 1.54) is 6.42 Å². The zero-order valence-corrected chi connectivity index (χ0v) is 23.5. The van der Waals surface area contributed by atoms with E-state index in [2.05, 4.69) is 18.6 Å². The van der Waals surface area contributed by atoms with Crippen LogP contribution in [0.2, 0.25) is 0 Å². The number of halogens is 2. The summed E-state index contributed by atoms with van der Waals surface area (Å²) >= 11 is 0. The third-order valence-electron chi connectivity index (χ3n) is 11.1. The van der Waals surface area contributed by atoms with Gasteiger partial charge in [-0.3, -0.25) is 0 Å². The molecule has 9 heteroatoms. The maximum atomic E-state index is 13.4. The Kier molecular flexibility index (Phi) is 6.67. The van der Waals surface area contributed by atoms with Crippen molar-refractivity contribution in [3.63, 3.8) is 0 Å². The standard InChI is InChI=1S/C30H44F2O7/c1-18(2)30(22-7-19-6-20(9-22)10-23(30)8-19)39-24(33)14-38-29-13-21-11-27(35,16-29)15-28(12-21,17-29)37-5-4-36-25(34)26(3,31)32/h18-23,35H,4-17H2,1-3H3. The summed E-state index contributed by atoms with van der Waals surface area (Å²) in [6.07, 6.45) is 9.46. The first-order valence-corrected chi connectivity index (χ1v) is 15.0. The highest BCUT2D eigenvalue weighted by atomic mass is 19.3. The summed E-state index contributed by atoms with van der Waals surface area (Å²) in [6.45, 7) is 4.40. The van der Waals surface area contributed by atoms with Crippen molar-refractivity contribution in [2.24, 2.45) is 35.5 Å². The second kappa shape index (κ2) is 9.35. The van der Waals surface area contributed by atoms with Crippen LogP contribution in [-0.2, 0) is 28.5 Å². The third-order valence-corrected chi connectivity index (χ3v) is 11.1. The molecule has 7 nitrogen and oxygen atoms in total.